The summed E-state index contributed by atoms with van der Waals surface area (Å²) < 4.78 is 37.8. The lowest BCUT2D eigenvalue weighted by Crippen LogP contribution is -2.32. The average Bonchev–Trinajstić information content (AvgIpc) is 2.39. The van der Waals surface area contributed by atoms with Crippen LogP contribution in [-0.4, -0.2) is 21.1 Å². The fourth-order valence-corrected chi connectivity index (χ4v) is 1.65. The minimum Gasteiger partial charge on any atom is -0.319 e. The molecule has 3 N–H and O–H groups in total. The summed E-state index contributed by atoms with van der Waals surface area (Å²) in [4.78, 5) is 35.7. The third-order valence-electron chi connectivity index (χ3n) is 2.47. The zero-order valence-corrected chi connectivity index (χ0v) is 11.2. The van der Waals surface area contributed by atoms with Crippen molar-refractivity contribution in [1.29, 1.82) is 0 Å². The second kappa shape index (κ2) is 5.64. The normalized spacial score (nSPS) is 11.3. The predicted molar refractivity (Wildman–Crippen MR) is 69.9 cm³/mol. The van der Waals surface area contributed by atoms with E-state index in [0.29, 0.717) is 6.07 Å². The van der Waals surface area contributed by atoms with E-state index < -0.39 is 34.6 Å². The molecule has 1 aromatic heterocycles. The number of carbonyl (C=O) groups is 1. The second-order valence-corrected chi connectivity index (χ2v) is 4.41. The summed E-state index contributed by atoms with van der Waals surface area (Å²) in [6, 6.07) is 2.30. The number of nitrogens with one attached hydrogen (secondary N) is 3. The number of alkyl halides is 3. The van der Waals surface area contributed by atoms with Crippen LogP contribution in [0.25, 0.3) is 0 Å². The van der Waals surface area contributed by atoms with E-state index in [9.17, 15) is 27.6 Å². The molecule has 22 heavy (non-hydrogen) atoms. The molecular weight excluding hydrogens is 329 g/mol. The maximum Gasteiger partial charge on any atom is 0.416 e. The molecule has 0 spiro atoms. The van der Waals surface area contributed by atoms with Crippen LogP contribution >= 0.6 is 11.6 Å². The Morgan fingerprint density at radius 1 is 1.27 bits per heavy atom. The summed E-state index contributed by atoms with van der Waals surface area (Å²) in [5, 5.41) is 6.90. The van der Waals surface area contributed by atoms with Gasteiger partial charge < -0.3 is 5.32 Å². The van der Waals surface area contributed by atoms with E-state index in [0.717, 1.165) is 12.1 Å². The molecule has 11 heteroatoms. The monoisotopic (exact) mass is 334 g/mol. The molecule has 0 bridgehead atoms. The number of carbonyl (C=O) groups excluding carboxylic acids is 1. The summed E-state index contributed by atoms with van der Waals surface area (Å²) in [5.74, 6) is -1.13. The lowest BCUT2D eigenvalue weighted by Gasteiger charge is -2.11. The fourth-order valence-electron chi connectivity index (χ4n) is 1.48. The summed E-state index contributed by atoms with van der Waals surface area (Å²) >= 11 is 5.70. The number of H-pyrrole nitrogens is 2. The number of rotatable bonds is 2. The van der Waals surface area contributed by atoms with Crippen LogP contribution in [-0.2, 0) is 6.18 Å². The molecule has 0 aliphatic heterocycles. The molecule has 1 aromatic carbocycles. The minimum atomic E-state index is -4.63. The van der Waals surface area contributed by atoms with Gasteiger partial charge in [0.25, 0.3) is 11.5 Å². The number of anilines is 1. The molecule has 0 unspecified atom stereocenters. The number of hydrogen-bond acceptors (Lipinski definition) is 4. The first-order chi connectivity index (χ1) is 10.2. The molecule has 2 aromatic rings. The van der Waals surface area contributed by atoms with Gasteiger partial charge in [-0.25, -0.2) is 9.89 Å². The highest BCUT2D eigenvalue weighted by atomic mass is 35.5. The van der Waals surface area contributed by atoms with Crippen molar-refractivity contribution in [2.75, 3.05) is 5.32 Å². The van der Waals surface area contributed by atoms with E-state index in [1.807, 2.05) is 10.4 Å². The molecule has 116 valence electrons. The number of aromatic nitrogens is 3. The molecule has 0 fully saturated rings. The topological polar surface area (TPSA) is 108 Å². The Morgan fingerprint density at radius 2 is 1.95 bits per heavy atom. The average molecular weight is 335 g/mol. The number of halogens is 4. The molecule has 1 heterocycles. The Morgan fingerprint density at radius 3 is 2.55 bits per heavy atom. The molecule has 1 amide bonds. The van der Waals surface area contributed by atoms with Crippen molar-refractivity contribution in [1.82, 2.24) is 15.2 Å². The van der Waals surface area contributed by atoms with Crippen molar-refractivity contribution in [3.05, 3.63) is 55.3 Å². The van der Waals surface area contributed by atoms with Gasteiger partial charge in [0.1, 0.15) is 0 Å². The molecule has 0 atom stereocenters. The number of hydrogen-bond donors (Lipinski definition) is 3. The number of amides is 1. The standard InChI is InChI=1S/C11H6ClF3N4O3/c12-5-2-1-4(11(13,14)15)3-6(5)16-8(20)7-9(21)17-10(22)19-18-7/h1-3H,(H,16,20)(H2,17,19,21,22). The van der Waals surface area contributed by atoms with Gasteiger partial charge >= 0.3 is 11.9 Å². The largest absolute Gasteiger partial charge is 0.416 e. The summed E-state index contributed by atoms with van der Waals surface area (Å²) in [7, 11) is 0. The molecule has 0 saturated heterocycles. The third kappa shape index (κ3) is 3.34. The first-order valence-electron chi connectivity index (χ1n) is 5.55. The molecule has 0 aliphatic rings. The first-order valence-corrected chi connectivity index (χ1v) is 5.93. The Kier molecular flexibility index (Phi) is 4.04. The Bertz CT molecular complexity index is 843. The SMILES string of the molecule is O=C(Nc1cc(C(F)(F)F)ccc1Cl)c1n[nH]c(=O)[nH]c1=O. The molecule has 0 saturated carbocycles. The highest BCUT2D eigenvalue weighted by molar-refractivity contribution is 6.33. The Balaban J connectivity index is 2.36. The van der Waals surface area contributed by atoms with Gasteiger partial charge in [0.15, 0.2) is 0 Å². The van der Waals surface area contributed by atoms with Crippen molar-refractivity contribution >= 4 is 23.2 Å². The number of aromatic amines is 2. The Hall–Kier alpha value is -2.62. The smallest absolute Gasteiger partial charge is 0.319 e. The van der Waals surface area contributed by atoms with Crippen LogP contribution in [0.5, 0.6) is 0 Å². The van der Waals surface area contributed by atoms with E-state index >= 15 is 0 Å². The maximum absolute atomic E-state index is 12.6. The van der Waals surface area contributed by atoms with Crippen LogP contribution in [0.4, 0.5) is 18.9 Å². The van der Waals surface area contributed by atoms with Gasteiger partial charge in [-0.15, -0.1) is 0 Å². The van der Waals surface area contributed by atoms with Gasteiger partial charge in [0, 0.05) is 0 Å². The number of nitrogens with zero attached hydrogens (tertiary/aromatic N) is 1. The zero-order valence-electron chi connectivity index (χ0n) is 10.4. The van der Waals surface area contributed by atoms with E-state index in [4.69, 9.17) is 11.6 Å². The van der Waals surface area contributed by atoms with Crippen molar-refractivity contribution in [2.45, 2.75) is 6.18 Å². The van der Waals surface area contributed by atoms with Gasteiger partial charge in [-0.05, 0) is 18.2 Å². The quantitative estimate of drug-likeness (QED) is 0.771. The Labute approximate surface area is 124 Å². The highest BCUT2D eigenvalue weighted by Crippen LogP contribution is 2.33. The van der Waals surface area contributed by atoms with Gasteiger partial charge in [0.2, 0.25) is 5.69 Å². The van der Waals surface area contributed by atoms with Crippen LogP contribution in [0.3, 0.4) is 0 Å². The van der Waals surface area contributed by atoms with Crippen molar-refractivity contribution in [3.63, 3.8) is 0 Å². The first kappa shape index (κ1) is 15.8. The molecular formula is C11H6ClF3N4O3. The van der Waals surface area contributed by atoms with Crippen LogP contribution < -0.4 is 16.6 Å². The van der Waals surface area contributed by atoms with Crippen LogP contribution in [0, 0.1) is 0 Å². The molecule has 0 aliphatic carbocycles. The van der Waals surface area contributed by atoms with E-state index in [1.165, 1.54) is 0 Å². The van der Waals surface area contributed by atoms with E-state index in [-0.39, 0.29) is 10.7 Å². The van der Waals surface area contributed by atoms with Gasteiger partial charge in [-0.2, -0.15) is 18.3 Å². The minimum absolute atomic E-state index is 0.165. The van der Waals surface area contributed by atoms with Crippen molar-refractivity contribution in [2.24, 2.45) is 0 Å². The third-order valence-corrected chi connectivity index (χ3v) is 2.80. The predicted octanol–water partition coefficient (Wildman–Crippen LogP) is 1.38. The highest BCUT2D eigenvalue weighted by Gasteiger charge is 2.31. The van der Waals surface area contributed by atoms with Crippen LogP contribution in [0.15, 0.2) is 27.8 Å². The number of benzene rings is 1. The summed E-state index contributed by atoms with van der Waals surface area (Å²) in [6.45, 7) is 0. The molecule has 7 nitrogen and oxygen atoms in total. The molecule has 0 radical (unpaired) electrons. The van der Waals surface area contributed by atoms with Gasteiger partial charge in [-0.3, -0.25) is 14.6 Å². The van der Waals surface area contributed by atoms with Crippen LogP contribution in [0.1, 0.15) is 16.1 Å². The van der Waals surface area contributed by atoms with Gasteiger partial charge in [0.05, 0.1) is 16.3 Å². The summed E-state index contributed by atoms with van der Waals surface area (Å²) in [5.41, 5.74) is -4.14. The van der Waals surface area contributed by atoms with Gasteiger partial charge in [-0.1, -0.05) is 11.6 Å². The zero-order chi connectivity index (χ0) is 16.5. The lowest BCUT2D eigenvalue weighted by atomic mass is 10.2. The summed E-state index contributed by atoms with van der Waals surface area (Å²) in [6.07, 6.45) is -4.63. The lowest BCUT2D eigenvalue weighted by molar-refractivity contribution is -0.137. The van der Waals surface area contributed by atoms with E-state index in [2.05, 4.69) is 5.10 Å². The van der Waals surface area contributed by atoms with E-state index in [1.54, 1.807) is 4.98 Å². The van der Waals surface area contributed by atoms with Crippen LogP contribution in [0.2, 0.25) is 5.02 Å². The second-order valence-electron chi connectivity index (χ2n) is 4.00. The van der Waals surface area contributed by atoms with Crippen molar-refractivity contribution in [3.8, 4) is 0 Å². The fraction of sp³-hybridized carbons (Fsp3) is 0.0909. The molecule has 2 rings (SSSR count). The maximum atomic E-state index is 12.6. The van der Waals surface area contributed by atoms with Crippen molar-refractivity contribution < 1.29 is 18.0 Å².